The van der Waals surface area contributed by atoms with Crippen LogP contribution in [0.4, 0.5) is 8.78 Å². The molecule has 0 fully saturated rings. The summed E-state index contributed by atoms with van der Waals surface area (Å²) in [6.07, 6.45) is 0. The van der Waals surface area contributed by atoms with Crippen molar-refractivity contribution in [3.63, 3.8) is 0 Å². The SMILES string of the molecule is CNC(c1cc(C)ccc1F)c1ccc(F)cc1Cl. The van der Waals surface area contributed by atoms with Gasteiger partial charge in [0.2, 0.25) is 0 Å². The Morgan fingerprint density at radius 1 is 1.05 bits per heavy atom. The van der Waals surface area contributed by atoms with Crippen molar-refractivity contribution in [2.45, 2.75) is 13.0 Å². The van der Waals surface area contributed by atoms with E-state index in [-0.39, 0.29) is 10.8 Å². The van der Waals surface area contributed by atoms with E-state index < -0.39 is 11.9 Å². The third-order valence-electron chi connectivity index (χ3n) is 3.02. The summed E-state index contributed by atoms with van der Waals surface area (Å²) in [7, 11) is 1.71. The lowest BCUT2D eigenvalue weighted by atomic mass is 9.97. The van der Waals surface area contributed by atoms with Crippen LogP contribution in [0.2, 0.25) is 5.02 Å². The van der Waals surface area contributed by atoms with Gasteiger partial charge in [0.15, 0.2) is 0 Å². The lowest BCUT2D eigenvalue weighted by Crippen LogP contribution is -2.19. The van der Waals surface area contributed by atoms with E-state index in [1.54, 1.807) is 25.2 Å². The normalized spacial score (nSPS) is 12.5. The van der Waals surface area contributed by atoms with Crippen molar-refractivity contribution in [3.05, 3.63) is 69.7 Å². The molecule has 0 saturated heterocycles. The number of hydrogen-bond donors (Lipinski definition) is 1. The Hall–Kier alpha value is -1.45. The molecule has 0 aliphatic rings. The van der Waals surface area contributed by atoms with Gasteiger partial charge >= 0.3 is 0 Å². The highest BCUT2D eigenvalue weighted by Gasteiger charge is 2.19. The zero-order valence-corrected chi connectivity index (χ0v) is 11.4. The van der Waals surface area contributed by atoms with Crippen LogP contribution in [0, 0.1) is 18.6 Å². The van der Waals surface area contributed by atoms with Crippen LogP contribution in [0.3, 0.4) is 0 Å². The van der Waals surface area contributed by atoms with Crippen molar-refractivity contribution in [2.24, 2.45) is 0 Å². The van der Waals surface area contributed by atoms with Gasteiger partial charge in [-0.2, -0.15) is 0 Å². The quantitative estimate of drug-likeness (QED) is 0.887. The van der Waals surface area contributed by atoms with Crippen LogP contribution < -0.4 is 5.32 Å². The standard InChI is InChI=1S/C15H14ClF2N/c1-9-3-6-14(18)12(7-9)15(19-2)11-5-4-10(17)8-13(11)16/h3-8,15,19H,1-2H3. The third-order valence-corrected chi connectivity index (χ3v) is 3.35. The molecule has 0 aromatic heterocycles. The summed E-state index contributed by atoms with van der Waals surface area (Å²) in [5.74, 6) is -0.723. The second kappa shape index (κ2) is 5.68. The Morgan fingerprint density at radius 3 is 2.42 bits per heavy atom. The number of rotatable bonds is 3. The van der Waals surface area contributed by atoms with Gasteiger partial charge in [-0.1, -0.05) is 35.4 Å². The molecular formula is C15H14ClF2N. The Balaban J connectivity index is 2.52. The minimum absolute atomic E-state index is 0.278. The molecule has 0 aliphatic heterocycles. The Labute approximate surface area is 116 Å². The average Bonchev–Trinajstić information content (AvgIpc) is 2.36. The predicted molar refractivity (Wildman–Crippen MR) is 73.4 cm³/mol. The fourth-order valence-electron chi connectivity index (χ4n) is 2.10. The molecule has 0 spiro atoms. The van der Waals surface area contributed by atoms with Gasteiger partial charge in [-0.25, -0.2) is 8.78 Å². The topological polar surface area (TPSA) is 12.0 Å². The van der Waals surface area contributed by atoms with E-state index in [0.717, 1.165) is 5.56 Å². The van der Waals surface area contributed by atoms with E-state index in [2.05, 4.69) is 5.32 Å². The summed E-state index contributed by atoms with van der Waals surface area (Å²) in [6.45, 7) is 1.89. The number of nitrogens with one attached hydrogen (secondary N) is 1. The Bertz CT molecular complexity index is 599. The van der Waals surface area contributed by atoms with Gasteiger partial charge in [0.1, 0.15) is 11.6 Å². The van der Waals surface area contributed by atoms with Gasteiger partial charge in [-0.15, -0.1) is 0 Å². The van der Waals surface area contributed by atoms with E-state index in [0.29, 0.717) is 11.1 Å². The third kappa shape index (κ3) is 2.94. The molecule has 19 heavy (non-hydrogen) atoms. The van der Waals surface area contributed by atoms with Gasteiger partial charge in [-0.05, 0) is 37.7 Å². The number of aryl methyl sites for hydroxylation is 1. The van der Waals surface area contributed by atoms with E-state index in [1.165, 1.54) is 18.2 Å². The maximum absolute atomic E-state index is 13.9. The van der Waals surface area contributed by atoms with Crippen molar-refractivity contribution in [1.29, 1.82) is 0 Å². The molecule has 2 rings (SSSR count). The van der Waals surface area contributed by atoms with Gasteiger partial charge in [0.05, 0.1) is 6.04 Å². The molecule has 100 valence electrons. The van der Waals surface area contributed by atoms with Crippen LogP contribution in [0.5, 0.6) is 0 Å². The first-order chi connectivity index (χ1) is 9.02. The molecule has 4 heteroatoms. The minimum atomic E-state index is -0.409. The van der Waals surface area contributed by atoms with E-state index in [4.69, 9.17) is 11.6 Å². The van der Waals surface area contributed by atoms with Gasteiger partial charge < -0.3 is 5.32 Å². The highest BCUT2D eigenvalue weighted by atomic mass is 35.5. The summed E-state index contributed by atoms with van der Waals surface area (Å²) in [6, 6.07) is 8.60. The van der Waals surface area contributed by atoms with Crippen molar-refractivity contribution in [2.75, 3.05) is 7.05 Å². The molecule has 2 aromatic rings. The summed E-state index contributed by atoms with van der Waals surface area (Å²) < 4.78 is 27.0. The monoisotopic (exact) mass is 281 g/mol. The first-order valence-corrected chi connectivity index (χ1v) is 6.29. The Kier molecular flexibility index (Phi) is 4.17. The second-order valence-corrected chi connectivity index (χ2v) is 4.82. The molecule has 1 N–H and O–H groups in total. The van der Waals surface area contributed by atoms with Crippen LogP contribution >= 0.6 is 11.6 Å². The average molecular weight is 282 g/mol. The van der Waals surface area contributed by atoms with E-state index in [1.807, 2.05) is 6.92 Å². The summed E-state index contributed by atoms with van der Waals surface area (Å²) in [5.41, 5.74) is 2.10. The molecular weight excluding hydrogens is 268 g/mol. The second-order valence-electron chi connectivity index (χ2n) is 4.41. The van der Waals surface area contributed by atoms with Gasteiger partial charge in [0.25, 0.3) is 0 Å². The molecule has 0 aliphatic carbocycles. The van der Waals surface area contributed by atoms with Crippen LogP contribution in [-0.4, -0.2) is 7.05 Å². The summed E-state index contributed by atoms with van der Waals surface area (Å²) in [5, 5.41) is 3.29. The molecule has 1 unspecified atom stereocenters. The highest BCUT2D eigenvalue weighted by Crippen LogP contribution is 2.30. The number of halogens is 3. The maximum atomic E-state index is 13.9. The van der Waals surface area contributed by atoms with E-state index in [9.17, 15) is 8.78 Å². The molecule has 0 bridgehead atoms. The largest absolute Gasteiger partial charge is 0.309 e. The lowest BCUT2D eigenvalue weighted by molar-refractivity contribution is 0.574. The van der Waals surface area contributed by atoms with Crippen molar-refractivity contribution in [1.82, 2.24) is 5.32 Å². The van der Waals surface area contributed by atoms with Gasteiger partial charge in [0, 0.05) is 10.6 Å². The summed E-state index contributed by atoms with van der Waals surface area (Å²) >= 11 is 6.04. The predicted octanol–water partition coefficient (Wildman–Crippen LogP) is 4.24. The highest BCUT2D eigenvalue weighted by molar-refractivity contribution is 6.31. The lowest BCUT2D eigenvalue weighted by Gasteiger charge is -2.19. The van der Waals surface area contributed by atoms with Crippen molar-refractivity contribution >= 4 is 11.6 Å². The Morgan fingerprint density at radius 2 is 1.79 bits per heavy atom. The molecule has 0 heterocycles. The van der Waals surface area contributed by atoms with Crippen molar-refractivity contribution in [3.8, 4) is 0 Å². The van der Waals surface area contributed by atoms with Crippen LogP contribution in [0.1, 0.15) is 22.7 Å². The van der Waals surface area contributed by atoms with Crippen molar-refractivity contribution < 1.29 is 8.78 Å². The molecule has 1 atom stereocenters. The maximum Gasteiger partial charge on any atom is 0.128 e. The molecule has 0 amide bonds. The minimum Gasteiger partial charge on any atom is -0.309 e. The summed E-state index contributed by atoms with van der Waals surface area (Å²) in [4.78, 5) is 0. The zero-order chi connectivity index (χ0) is 14.0. The smallest absolute Gasteiger partial charge is 0.128 e. The van der Waals surface area contributed by atoms with Crippen LogP contribution in [0.15, 0.2) is 36.4 Å². The van der Waals surface area contributed by atoms with Gasteiger partial charge in [-0.3, -0.25) is 0 Å². The number of benzene rings is 2. The fourth-order valence-corrected chi connectivity index (χ4v) is 2.37. The van der Waals surface area contributed by atoms with Crippen LogP contribution in [-0.2, 0) is 0 Å². The van der Waals surface area contributed by atoms with Crippen LogP contribution in [0.25, 0.3) is 0 Å². The fraction of sp³-hybridized carbons (Fsp3) is 0.200. The molecule has 0 saturated carbocycles. The molecule has 2 aromatic carbocycles. The first kappa shape index (κ1) is 14.0. The van der Waals surface area contributed by atoms with E-state index >= 15 is 0 Å². The first-order valence-electron chi connectivity index (χ1n) is 5.91. The zero-order valence-electron chi connectivity index (χ0n) is 10.7. The molecule has 1 nitrogen and oxygen atoms in total. The molecule has 0 radical (unpaired) electrons. The number of hydrogen-bond acceptors (Lipinski definition) is 1.